The molecule has 14 heavy (non-hydrogen) atoms. The van der Waals surface area contributed by atoms with Gasteiger partial charge in [0.05, 0.1) is 7.11 Å². The van der Waals surface area contributed by atoms with Crippen molar-refractivity contribution in [3.05, 3.63) is 22.1 Å². The molecule has 0 bridgehead atoms. The van der Waals surface area contributed by atoms with E-state index < -0.39 is 18.1 Å². The Hall–Kier alpha value is -1.85. The molecule has 0 saturated heterocycles. The van der Waals surface area contributed by atoms with E-state index in [9.17, 15) is 9.59 Å². The van der Waals surface area contributed by atoms with Crippen LogP contribution in [0.4, 0.5) is 0 Å². The molecule has 1 heterocycles. The summed E-state index contributed by atoms with van der Waals surface area (Å²) in [4.78, 5) is 25.6. The van der Waals surface area contributed by atoms with Crippen molar-refractivity contribution in [3.63, 3.8) is 0 Å². The Morgan fingerprint density at radius 3 is 2.86 bits per heavy atom. The fraction of sp³-hybridized carbons (Fsp3) is 0.375. The minimum atomic E-state index is -1.11. The molecule has 76 valence electrons. The van der Waals surface area contributed by atoms with E-state index in [0.29, 0.717) is 5.69 Å². The van der Waals surface area contributed by atoms with Gasteiger partial charge in [-0.1, -0.05) is 0 Å². The summed E-state index contributed by atoms with van der Waals surface area (Å²) in [6, 6.07) is 1.27. The van der Waals surface area contributed by atoms with Gasteiger partial charge >= 0.3 is 5.97 Å². The van der Waals surface area contributed by atoms with Crippen LogP contribution in [-0.2, 0) is 11.3 Å². The van der Waals surface area contributed by atoms with Crippen molar-refractivity contribution in [2.75, 3.05) is 7.11 Å². The third-order valence-corrected chi connectivity index (χ3v) is 1.58. The highest BCUT2D eigenvalue weighted by Gasteiger charge is 2.09. The van der Waals surface area contributed by atoms with Crippen LogP contribution in [0, 0.1) is 6.92 Å². The first-order valence-electron chi connectivity index (χ1n) is 3.89. The number of ether oxygens (including phenoxy) is 1. The lowest BCUT2D eigenvalue weighted by atomic mass is 10.4. The lowest BCUT2D eigenvalue weighted by molar-refractivity contribution is -0.137. The number of rotatable bonds is 3. The van der Waals surface area contributed by atoms with E-state index in [1.165, 1.54) is 13.2 Å². The standard InChI is InChI=1S/C8H10N2O4/c1-5-3-6(11)10(4-7(12)13)8(9-5)14-2/h3H,4H2,1-2H3,(H,12,13). The molecular formula is C8H10N2O4. The maximum Gasteiger partial charge on any atom is 0.323 e. The molecule has 6 nitrogen and oxygen atoms in total. The van der Waals surface area contributed by atoms with E-state index in [1.54, 1.807) is 6.92 Å². The Labute approximate surface area is 79.8 Å². The number of aryl methyl sites for hydroxylation is 1. The summed E-state index contributed by atoms with van der Waals surface area (Å²) in [7, 11) is 1.33. The molecule has 0 fully saturated rings. The molecule has 0 atom stereocenters. The van der Waals surface area contributed by atoms with Crippen molar-refractivity contribution in [2.45, 2.75) is 13.5 Å². The van der Waals surface area contributed by atoms with Crippen molar-refractivity contribution in [1.29, 1.82) is 0 Å². The molecule has 1 rings (SSSR count). The predicted molar refractivity (Wildman–Crippen MR) is 47.4 cm³/mol. The molecule has 0 aliphatic carbocycles. The fourth-order valence-electron chi connectivity index (χ4n) is 1.03. The Morgan fingerprint density at radius 1 is 1.71 bits per heavy atom. The third-order valence-electron chi connectivity index (χ3n) is 1.58. The van der Waals surface area contributed by atoms with Crippen molar-refractivity contribution >= 4 is 5.97 Å². The van der Waals surface area contributed by atoms with Crippen LogP contribution < -0.4 is 10.3 Å². The number of hydrogen-bond donors (Lipinski definition) is 1. The molecular weight excluding hydrogens is 188 g/mol. The molecule has 0 aromatic carbocycles. The molecule has 0 unspecified atom stereocenters. The number of carboxylic acids is 1. The molecule has 1 aromatic rings. The smallest absolute Gasteiger partial charge is 0.323 e. The van der Waals surface area contributed by atoms with Crippen LogP contribution in [0.25, 0.3) is 0 Å². The molecule has 1 N–H and O–H groups in total. The van der Waals surface area contributed by atoms with Gasteiger partial charge in [0.25, 0.3) is 11.6 Å². The summed E-state index contributed by atoms with van der Waals surface area (Å²) in [5, 5.41) is 8.54. The number of methoxy groups -OCH3 is 1. The SMILES string of the molecule is COc1nc(C)cc(=O)n1CC(=O)O. The zero-order valence-electron chi connectivity index (χ0n) is 7.85. The van der Waals surface area contributed by atoms with Crippen molar-refractivity contribution in [1.82, 2.24) is 9.55 Å². The summed E-state index contributed by atoms with van der Waals surface area (Å²) < 4.78 is 5.75. The van der Waals surface area contributed by atoms with E-state index in [0.717, 1.165) is 4.57 Å². The third kappa shape index (κ3) is 2.09. The van der Waals surface area contributed by atoms with Gasteiger partial charge in [-0.05, 0) is 6.92 Å². The summed E-state index contributed by atoms with van der Waals surface area (Å²) in [6.07, 6.45) is 0. The molecule has 0 amide bonds. The number of aromatic nitrogens is 2. The van der Waals surface area contributed by atoms with Crippen molar-refractivity contribution in [3.8, 4) is 6.01 Å². The maximum atomic E-state index is 11.3. The maximum absolute atomic E-state index is 11.3. The molecule has 0 radical (unpaired) electrons. The second-order valence-corrected chi connectivity index (χ2v) is 2.70. The minimum absolute atomic E-state index is 0.0115. The summed E-state index contributed by atoms with van der Waals surface area (Å²) in [6.45, 7) is 1.18. The molecule has 1 aromatic heterocycles. The average molecular weight is 198 g/mol. The van der Waals surface area contributed by atoms with Gasteiger partial charge in [0.2, 0.25) is 0 Å². The quantitative estimate of drug-likeness (QED) is 0.717. The van der Waals surface area contributed by atoms with Gasteiger partial charge in [0.1, 0.15) is 6.54 Å². The lowest BCUT2D eigenvalue weighted by Crippen LogP contribution is -2.26. The van der Waals surface area contributed by atoms with Crippen molar-refractivity contribution < 1.29 is 14.6 Å². The first kappa shape index (κ1) is 10.2. The summed E-state index contributed by atoms with van der Waals surface area (Å²) in [5.74, 6) is -1.11. The Balaban J connectivity index is 3.25. The van der Waals surface area contributed by atoms with Gasteiger partial charge in [-0.15, -0.1) is 0 Å². The molecule has 0 aliphatic heterocycles. The van der Waals surface area contributed by atoms with Crippen LogP contribution in [0.1, 0.15) is 5.69 Å². The Morgan fingerprint density at radius 2 is 2.36 bits per heavy atom. The Bertz CT molecular complexity index is 410. The number of nitrogens with zero attached hydrogens (tertiary/aromatic N) is 2. The van der Waals surface area contributed by atoms with Gasteiger partial charge in [-0.2, -0.15) is 0 Å². The topological polar surface area (TPSA) is 81.4 Å². The Kier molecular flexibility index (Phi) is 2.85. The fourth-order valence-corrected chi connectivity index (χ4v) is 1.03. The molecule has 0 spiro atoms. The van der Waals surface area contributed by atoms with Crippen LogP contribution in [0.3, 0.4) is 0 Å². The van der Waals surface area contributed by atoms with Gasteiger partial charge in [0, 0.05) is 11.8 Å². The zero-order chi connectivity index (χ0) is 10.7. The van der Waals surface area contributed by atoms with Gasteiger partial charge in [-0.25, -0.2) is 4.98 Å². The molecule has 0 saturated carbocycles. The zero-order valence-corrected chi connectivity index (χ0v) is 7.85. The molecule has 6 heteroatoms. The van der Waals surface area contributed by atoms with Crippen LogP contribution in [0.5, 0.6) is 6.01 Å². The second kappa shape index (κ2) is 3.91. The largest absolute Gasteiger partial charge is 0.480 e. The second-order valence-electron chi connectivity index (χ2n) is 2.70. The van der Waals surface area contributed by atoms with E-state index in [1.807, 2.05) is 0 Å². The number of aliphatic carboxylic acids is 1. The van der Waals surface area contributed by atoms with E-state index in [2.05, 4.69) is 4.98 Å². The van der Waals surface area contributed by atoms with Crippen LogP contribution in [0.2, 0.25) is 0 Å². The monoisotopic (exact) mass is 198 g/mol. The van der Waals surface area contributed by atoms with Crippen molar-refractivity contribution in [2.24, 2.45) is 0 Å². The van der Waals surface area contributed by atoms with Gasteiger partial charge in [0.15, 0.2) is 0 Å². The average Bonchev–Trinajstić information content (AvgIpc) is 2.08. The first-order valence-corrected chi connectivity index (χ1v) is 3.89. The van der Waals surface area contributed by atoms with E-state index in [4.69, 9.17) is 9.84 Å². The summed E-state index contributed by atoms with van der Waals surface area (Å²) >= 11 is 0. The van der Waals surface area contributed by atoms with E-state index >= 15 is 0 Å². The summed E-state index contributed by atoms with van der Waals surface area (Å²) in [5.41, 5.74) is 0.0604. The normalized spacial score (nSPS) is 9.86. The van der Waals surface area contributed by atoms with E-state index in [-0.39, 0.29) is 6.01 Å². The van der Waals surface area contributed by atoms with Crippen LogP contribution >= 0.6 is 0 Å². The predicted octanol–water partition coefficient (Wildman–Crippen LogP) is -0.355. The number of carbonyl (C=O) groups is 1. The number of carboxylic acid groups (broad SMARTS) is 1. The minimum Gasteiger partial charge on any atom is -0.480 e. The van der Waals surface area contributed by atoms with Gasteiger partial charge < -0.3 is 9.84 Å². The van der Waals surface area contributed by atoms with Crippen LogP contribution in [-0.4, -0.2) is 27.7 Å². The number of hydrogen-bond acceptors (Lipinski definition) is 4. The van der Waals surface area contributed by atoms with Gasteiger partial charge in [-0.3, -0.25) is 14.2 Å². The highest BCUT2D eigenvalue weighted by molar-refractivity contribution is 5.66. The highest BCUT2D eigenvalue weighted by Crippen LogP contribution is 2.03. The lowest BCUT2D eigenvalue weighted by Gasteiger charge is -2.07. The van der Waals surface area contributed by atoms with Crippen LogP contribution in [0.15, 0.2) is 10.9 Å². The molecule has 0 aliphatic rings. The highest BCUT2D eigenvalue weighted by atomic mass is 16.5. The first-order chi connectivity index (χ1) is 6.54.